The van der Waals surface area contributed by atoms with Gasteiger partial charge in [0, 0.05) is 6.07 Å². The number of esters is 1. The van der Waals surface area contributed by atoms with Gasteiger partial charge in [-0.1, -0.05) is 11.8 Å². The van der Waals surface area contributed by atoms with Gasteiger partial charge in [-0.15, -0.1) is 11.8 Å². The highest BCUT2D eigenvalue weighted by Crippen LogP contribution is 2.17. The van der Waals surface area contributed by atoms with E-state index in [1.54, 1.807) is 13.8 Å². The maximum atomic E-state index is 13.7. The molecule has 0 unspecified atom stereocenters. The number of benzene rings is 1. The first-order valence-corrected chi connectivity index (χ1v) is 5.57. The standard InChI is InChI=1S/C15H13FO3/c1-3-5-9-18-12-7-8-13(14(16)11-12)15(17)19-10-6-4-2/h7-8,11H,9-10H2,1-2H3. The van der Waals surface area contributed by atoms with Gasteiger partial charge >= 0.3 is 5.97 Å². The van der Waals surface area contributed by atoms with Crippen LogP contribution in [0, 0.1) is 29.5 Å². The zero-order valence-corrected chi connectivity index (χ0v) is 10.7. The van der Waals surface area contributed by atoms with Gasteiger partial charge in [0.1, 0.15) is 18.2 Å². The van der Waals surface area contributed by atoms with Crippen LogP contribution in [-0.2, 0) is 4.74 Å². The van der Waals surface area contributed by atoms with E-state index in [2.05, 4.69) is 23.7 Å². The molecule has 1 aromatic rings. The van der Waals surface area contributed by atoms with Crippen LogP contribution in [0.4, 0.5) is 4.39 Å². The predicted molar refractivity (Wildman–Crippen MR) is 69.1 cm³/mol. The number of carbonyl (C=O) groups is 1. The molecule has 98 valence electrons. The van der Waals surface area contributed by atoms with Crippen molar-refractivity contribution in [3.8, 4) is 29.4 Å². The highest BCUT2D eigenvalue weighted by molar-refractivity contribution is 5.89. The van der Waals surface area contributed by atoms with Gasteiger partial charge in [-0.3, -0.25) is 0 Å². The van der Waals surface area contributed by atoms with Crippen molar-refractivity contribution in [2.24, 2.45) is 0 Å². The Morgan fingerprint density at radius 3 is 2.53 bits per heavy atom. The lowest BCUT2D eigenvalue weighted by Crippen LogP contribution is -2.08. The van der Waals surface area contributed by atoms with Crippen LogP contribution in [0.1, 0.15) is 24.2 Å². The number of rotatable bonds is 4. The normalized spacial score (nSPS) is 8.58. The monoisotopic (exact) mass is 260 g/mol. The van der Waals surface area contributed by atoms with E-state index < -0.39 is 11.8 Å². The van der Waals surface area contributed by atoms with Crippen LogP contribution in [-0.4, -0.2) is 19.2 Å². The summed E-state index contributed by atoms with van der Waals surface area (Å²) < 4.78 is 23.6. The molecule has 1 aromatic carbocycles. The van der Waals surface area contributed by atoms with Crippen molar-refractivity contribution in [2.45, 2.75) is 13.8 Å². The quantitative estimate of drug-likeness (QED) is 0.616. The van der Waals surface area contributed by atoms with E-state index >= 15 is 0 Å². The molecule has 0 saturated carbocycles. The molecule has 0 N–H and O–H groups in total. The van der Waals surface area contributed by atoms with Gasteiger partial charge in [0.05, 0.1) is 5.56 Å². The molecule has 1 rings (SSSR count). The second-order valence-corrected chi connectivity index (χ2v) is 3.36. The third-order valence-electron chi connectivity index (χ3n) is 2.10. The summed E-state index contributed by atoms with van der Waals surface area (Å²) in [6, 6.07) is 3.92. The molecule has 3 nitrogen and oxygen atoms in total. The largest absolute Gasteiger partial charge is 0.481 e. The molecular weight excluding hydrogens is 247 g/mol. The van der Waals surface area contributed by atoms with Crippen molar-refractivity contribution in [1.82, 2.24) is 0 Å². The van der Waals surface area contributed by atoms with Gasteiger partial charge in [-0.2, -0.15) is 0 Å². The number of hydrogen-bond donors (Lipinski definition) is 0. The lowest BCUT2D eigenvalue weighted by molar-refractivity contribution is 0.0551. The number of hydrogen-bond acceptors (Lipinski definition) is 3. The van der Waals surface area contributed by atoms with Crippen LogP contribution in [0.3, 0.4) is 0 Å². The Balaban J connectivity index is 2.71. The molecule has 0 radical (unpaired) electrons. The maximum absolute atomic E-state index is 13.7. The number of ether oxygens (including phenoxy) is 2. The van der Waals surface area contributed by atoms with Gasteiger partial charge in [-0.05, 0) is 26.0 Å². The summed E-state index contributed by atoms with van der Waals surface area (Å²) in [6.07, 6.45) is 0. The Bertz CT molecular complexity index is 571. The minimum Gasteiger partial charge on any atom is -0.481 e. The molecule has 0 aromatic heterocycles. The molecule has 0 heterocycles. The molecule has 0 aliphatic heterocycles. The van der Waals surface area contributed by atoms with Crippen LogP contribution in [0.2, 0.25) is 0 Å². The van der Waals surface area contributed by atoms with Crippen molar-refractivity contribution in [2.75, 3.05) is 13.2 Å². The molecule has 0 aliphatic carbocycles. The smallest absolute Gasteiger partial charge is 0.342 e. The third-order valence-corrected chi connectivity index (χ3v) is 2.10. The molecule has 0 fully saturated rings. The minimum atomic E-state index is -0.750. The fraction of sp³-hybridized carbons (Fsp3) is 0.267. The molecule has 4 heteroatoms. The molecule has 0 atom stereocenters. The van der Waals surface area contributed by atoms with Gasteiger partial charge in [0.2, 0.25) is 0 Å². The lowest BCUT2D eigenvalue weighted by Gasteiger charge is -2.05. The first kappa shape index (κ1) is 14.6. The molecule has 0 aliphatic rings. The first-order chi connectivity index (χ1) is 9.19. The van der Waals surface area contributed by atoms with Crippen molar-refractivity contribution in [3.63, 3.8) is 0 Å². The maximum Gasteiger partial charge on any atom is 0.342 e. The van der Waals surface area contributed by atoms with Crippen molar-refractivity contribution in [3.05, 3.63) is 29.6 Å². The Hall–Kier alpha value is -2.46. The molecule has 0 saturated heterocycles. The topological polar surface area (TPSA) is 35.5 Å². The summed E-state index contributed by atoms with van der Waals surface area (Å²) in [5, 5.41) is 0. The molecule has 0 spiro atoms. The second kappa shape index (κ2) is 7.79. The van der Waals surface area contributed by atoms with Crippen molar-refractivity contribution < 1.29 is 18.7 Å². The SMILES string of the molecule is CC#CCOC(=O)c1ccc(OCC#CC)cc1F. The second-order valence-electron chi connectivity index (χ2n) is 3.36. The van der Waals surface area contributed by atoms with Crippen LogP contribution >= 0.6 is 0 Å². The van der Waals surface area contributed by atoms with Crippen LogP contribution < -0.4 is 4.74 Å². The minimum absolute atomic E-state index is 0.0564. The van der Waals surface area contributed by atoms with Gasteiger partial charge in [0.25, 0.3) is 0 Å². The zero-order valence-electron chi connectivity index (χ0n) is 10.7. The highest BCUT2D eigenvalue weighted by Gasteiger charge is 2.13. The van der Waals surface area contributed by atoms with E-state index in [9.17, 15) is 9.18 Å². The lowest BCUT2D eigenvalue weighted by atomic mass is 10.2. The van der Waals surface area contributed by atoms with E-state index in [1.807, 2.05) is 0 Å². The van der Waals surface area contributed by atoms with E-state index in [0.717, 1.165) is 6.07 Å². The third kappa shape index (κ3) is 4.73. The molecular formula is C15H13FO3. The fourth-order valence-electron chi connectivity index (χ4n) is 1.19. The van der Waals surface area contributed by atoms with Crippen molar-refractivity contribution in [1.29, 1.82) is 0 Å². The highest BCUT2D eigenvalue weighted by atomic mass is 19.1. The summed E-state index contributed by atoms with van der Waals surface area (Å²) in [7, 11) is 0. The Morgan fingerprint density at radius 2 is 1.89 bits per heavy atom. The Morgan fingerprint density at radius 1 is 1.21 bits per heavy atom. The predicted octanol–water partition coefficient (Wildman–Crippen LogP) is 2.41. The van der Waals surface area contributed by atoms with E-state index in [-0.39, 0.29) is 18.8 Å². The summed E-state index contributed by atoms with van der Waals surface area (Å²) in [4.78, 5) is 11.5. The Kier molecular flexibility index (Phi) is 5.98. The summed E-state index contributed by atoms with van der Waals surface area (Å²) in [5.41, 5.74) is -0.146. The summed E-state index contributed by atoms with van der Waals surface area (Å²) in [5.74, 6) is 9.34. The Labute approximate surface area is 111 Å². The first-order valence-electron chi connectivity index (χ1n) is 5.57. The zero-order chi connectivity index (χ0) is 14.1. The molecule has 0 amide bonds. The number of halogens is 1. The van der Waals surface area contributed by atoms with E-state index in [1.165, 1.54) is 12.1 Å². The summed E-state index contributed by atoms with van der Waals surface area (Å²) >= 11 is 0. The van der Waals surface area contributed by atoms with Gasteiger partial charge < -0.3 is 9.47 Å². The summed E-state index contributed by atoms with van der Waals surface area (Å²) in [6.45, 7) is 3.42. The molecule has 0 bridgehead atoms. The van der Waals surface area contributed by atoms with Gasteiger partial charge in [0.15, 0.2) is 6.61 Å². The van der Waals surface area contributed by atoms with E-state index in [4.69, 9.17) is 9.47 Å². The average Bonchev–Trinajstić information content (AvgIpc) is 2.39. The van der Waals surface area contributed by atoms with E-state index in [0.29, 0.717) is 5.75 Å². The van der Waals surface area contributed by atoms with Crippen LogP contribution in [0.25, 0.3) is 0 Å². The fourth-order valence-corrected chi connectivity index (χ4v) is 1.19. The van der Waals surface area contributed by atoms with Crippen molar-refractivity contribution >= 4 is 5.97 Å². The van der Waals surface area contributed by atoms with Crippen LogP contribution in [0.15, 0.2) is 18.2 Å². The number of carbonyl (C=O) groups excluding carboxylic acids is 1. The molecule has 19 heavy (non-hydrogen) atoms. The average molecular weight is 260 g/mol. The van der Waals surface area contributed by atoms with Crippen LogP contribution in [0.5, 0.6) is 5.75 Å². The van der Waals surface area contributed by atoms with Gasteiger partial charge in [-0.25, -0.2) is 9.18 Å².